The third-order valence-electron chi connectivity index (χ3n) is 3.09. The normalized spacial score (nSPS) is 11.9. The van der Waals surface area contributed by atoms with E-state index >= 15 is 0 Å². The van der Waals surface area contributed by atoms with Crippen molar-refractivity contribution >= 4 is 17.5 Å². The van der Waals surface area contributed by atoms with Crippen LogP contribution in [0.5, 0.6) is 5.75 Å². The quantitative estimate of drug-likeness (QED) is 0.593. The maximum atomic E-state index is 12.1. The van der Waals surface area contributed by atoms with Crippen molar-refractivity contribution in [3.63, 3.8) is 0 Å². The number of benzene rings is 1. The van der Waals surface area contributed by atoms with Gasteiger partial charge in [-0.3, -0.25) is 9.59 Å². The summed E-state index contributed by atoms with van der Waals surface area (Å²) in [5.74, 6) is -1.26. The number of nitrogens with one attached hydrogen (secondary N) is 2. The summed E-state index contributed by atoms with van der Waals surface area (Å²) < 4.78 is 0. The van der Waals surface area contributed by atoms with Gasteiger partial charge in [-0.15, -0.1) is 0 Å². The Morgan fingerprint density at radius 3 is 2.18 bits per heavy atom. The van der Waals surface area contributed by atoms with Crippen molar-refractivity contribution in [2.75, 3.05) is 5.32 Å². The molecular formula is C17H26N2O3. The highest BCUT2D eigenvalue weighted by molar-refractivity contribution is 6.39. The topological polar surface area (TPSA) is 78.4 Å². The van der Waals surface area contributed by atoms with Crippen molar-refractivity contribution in [3.05, 3.63) is 23.8 Å². The minimum absolute atomic E-state index is 0.0425. The molecule has 0 spiro atoms. The molecule has 2 amide bonds. The summed E-state index contributed by atoms with van der Waals surface area (Å²) in [5.41, 5.74) is 0.763. The Morgan fingerprint density at radius 1 is 1.09 bits per heavy atom. The van der Waals surface area contributed by atoms with Gasteiger partial charge in [-0.05, 0) is 56.4 Å². The number of hydrogen-bond donors (Lipinski definition) is 3. The van der Waals surface area contributed by atoms with E-state index in [-0.39, 0.29) is 11.2 Å². The molecular weight excluding hydrogens is 280 g/mol. The molecule has 0 aromatic heterocycles. The molecule has 0 radical (unpaired) electrons. The van der Waals surface area contributed by atoms with Crippen LogP contribution in [0.4, 0.5) is 5.69 Å². The van der Waals surface area contributed by atoms with E-state index in [9.17, 15) is 14.7 Å². The van der Waals surface area contributed by atoms with Gasteiger partial charge in [0, 0.05) is 11.2 Å². The molecule has 0 aliphatic carbocycles. The second-order valence-corrected chi connectivity index (χ2v) is 7.53. The minimum atomic E-state index is -0.712. The zero-order chi connectivity index (χ0) is 17.1. The average Bonchev–Trinajstić information content (AvgIpc) is 2.28. The lowest BCUT2D eigenvalue weighted by molar-refractivity contribution is -0.137. The fourth-order valence-corrected chi connectivity index (χ4v) is 2.70. The first-order valence-corrected chi connectivity index (χ1v) is 7.33. The van der Waals surface area contributed by atoms with Gasteiger partial charge in [0.15, 0.2) is 0 Å². The molecule has 5 nitrogen and oxygen atoms in total. The Bertz CT molecular complexity index is 572. The molecule has 22 heavy (non-hydrogen) atoms. The second kappa shape index (κ2) is 6.38. The molecule has 122 valence electrons. The van der Waals surface area contributed by atoms with E-state index in [1.54, 1.807) is 13.0 Å². The van der Waals surface area contributed by atoms with Gasteiger partial charge in [0.05, 0.1) is 0 Å². The number of amides is 2. The van der Waals surface area contributed by atoms with Crippen LogP contribution in [0.3, 0.4) is 0 Å². The molecule has 0 fully saturated rings. The van der Waals surface area contributed by atoms with E-state index in [1.807, 2.05) is 13.8 Å². The van der Waals surface area contributed by atoms with Crippen molar-refractivity contribution in [2.45, 2.75) is 53.5 Å². The van der Waals surface area contributed by atoms with Gasteiger partial charge >= 0.3 is 11.8 Å². The lowest BCUT2D eigenvalue weighted by Gasteiger charge is -2.33. The third kappa shape index (κ3) is 5.76. The fourth-order valence-electron chi connectivity index (χ4n) is 2.70. The molecule has 0 bridgehead atoms. The van der Waals surface area contributed by atoms with Crippen molar-refractivity contribution < 1.29 is 14.7 Å². The van der Waals surface area contributed by atoms with Gasteiger partial charge in [0.1, 0.15) is 5.75 Å². The Labute approximate surface area is 132 Å². The van der Waals surface area contributed by atoms with Crippen LogP contribution in [0.25, 0.3) is 0 Å². The number of phenolic OH excluding ortho intramolecular Hbond substituents is 1. The first-order valence-electron chi connectivity index (χ1n) is 7.33. The largest absolute Gasteiger partial charge is 0.508 e. The summed E-state index contributed by atoms with van der Waals surface area (Å²) >= 11 is 0. The van der Waals surface area contributed by atoms with Crippen molar-refractivity contribution in [2.24, 2.45) is 5.41 Å². The number of carbonyl (C=O) groups is 2. The molecule has 0 aliphatic rings. The van der Waals surface area contributed by atoms with Gasteiger partial charge in [0.25, 0.3) is 0 Å². The summed E-state index contributed by atoms with van der Waals surface area (Å²) in [5, 5.41) is 14.7. The number of carbonyl (C=O) groups excluding carboxylic acids is 2. The monoisotopic (exact) mass is 306 g/mol. The molecule has 5 heteroatoms. The first kappa shape index (κ1) is 18.0. The third-order valence-corrected chi connectivity index (χ3v) is 3.09. The molecule has 1 aromatic rings. The summed E-state index contributed by atoms with van der Waals surface area (Å²) in [6.07, 6.45) is 0.747. The van der Waals surface area contributed by atoms with Crippen LogP contribution in [0.15, 0.2) is 18.2 Å². The molecule has 0 aliphatic heterocycles. The minimum Gasteiger partial charge on any atom is -0.508 e. The number of anilines is 1. The Hall–Kier alpha value is -2.04. The highest BCUT2D eigenvalue weighted by Crippen LogP contribution is 2.26. The maximum absolute atomic E-state index is 12.1. The van der Waals surface area contributed by atoms with Gasteiger partial charge in [-0.25, -0.2) is 0 Å². The van der Waals surface area contributed by atoms with Crippen LogP contribution < -0.4 is 10.6 Å². The van der Waals surface area contributed by atoms with E-state index in [2.05, 4.69) is 31.4 Å². The van der Waals surface area contributed by atoms with Crippen molar-refractivity contribution in [1.82, 2.24) is 5.32 Å². The van der Waals surface area contributed by atoms with Crippen LogP contribution in [-0.4, -0.2) is 22.5 Å². The Balaban J connectivity index is 2.71. The molecule has 3 N–H and O–H groups in total. The number of hydrogen-bond acceptors (Lipinski definition) is 3. The van der Waals surface area contributed by atoms with Crippen LogP contribution in [0, 0.1) is 12.3 Å². The van der Waals surface area contributed by atoms with E-state index < -0.39 is 17.4 Å². The van der Waals surface area contributed by atoms with Crippen LogP contribution >= 0.6 is 0 Å². The molecule has 0 unspecified atom stereocenters. The summed E-state index contributed by atoms with van der Waals surface area (Å²) in [4.78, 5) is 24.1. The smallest absolute Gasteiger partial charge is 0.313 e. The predicted molar refractivity (Wildman–Crippen MR) is 87.8 cm³/mol. The van der Waals surface area contributed by atoms with Crippen molar-refractivity contribution in [1.29, 1.82) is 0 Å². The molecule has 0 saturated carbocycles. The molecule has 0 heterocycles. The molecule has 1 rings (SSSR count). The maximum Gasteiger partial charge on any atom is 0.313 e. The standard InChI is InChI=1S/C17H26N2O3/c1-11-9-12(20)7-8-13(11)18-14(21)15(22)19-17(5,6)10-16(2,3)4/h7-9,20H,10H2,1-6H3,(H,18,21)(H,19,22). The second-order valence-electron chi connectivity index (χ2n) is 7.53. The van der Waals surface area contributed by atoms with Crippen LogP contribution in [0.1, 0.15) is 46.6 Å². The predicted octanol–water partition coefficient (Wildman–Crippen LogP) is 2.97. The first-order chi connectivity index (χ1) is 9.89. The van der Waals surface area contributed by atoms with Gasteiger partial charge < -0.3 is 15.7 Å². The van der Waals surface area contributed by atoms with Crippen LogP contribution in [0.2, 0.25) is 0 Å². The van der Waals surface area contributed by atoms with Crippen LogP contribution in [-0.2, 0) is 9.59 Å². The number of aryl methyl sites for hydroxylation is 1. The number of rotatable bonds is 3. The lowest BCUT2D eigenvalue weighted by atomic mass is 9.82. The Kier molecular flexibility index (Phi) is 5.22. The highest BCUT2D eigenvalue weighted by atomic mass is 16.3. The van der Waals surface area contributed by atoms with Gasteiger partial charge in [0.2, 0.25) is 0 Å². The summed E-state index contributed by atoms with van der Waals surface area (Å²) in [6.45, 7) is 11.8. The number of aromatic hydroxyl groups is 1. The highest BCUT2D eigenvalue weighted by Gasteiger charge is 2.29. The van der Waals surface area contributed by atoms with E-state index in [0.29, 0.717) is 11.3 Å². The fraction of sp³-hybridized carbons (Fsp3) is 0.529. The summed E-state index contributed by atoms with van der Waals surface area (Å²) in [7, 11) is 0. The Morgan fingerprint density at radius 2 is 1.68 bits per heavy atom. The zero-order valence-electron chi connectivity index (χ0n) is 14.2. The lowest BCUT2D eigenvalue weighted by Crippen LogP contribution is -2.49. The molecule has 1 aromatic carbocycles. The molecule has 0 atom stereocenters. The van der Waals surface area contributed by atoms with E-state index in [1.165, 1.54) is 12.1 Å². The zero-order valence-corrected chi connectivity index (χ0v) is 14.2. The van der Waals surface area contributed by atoms with Gasteiger partial charge in [-0.2, -0.15) is 0 Å². The van der Waals surface area contributed by atoms with Crippen molar-refractivity contribution in [3.8, 4) is 5.75 Å². The average molecular weight is 306 g/mol. The molecule has 0 saturated heterocycles. The van der Waals surface area contributed by atoms with E-state index in [0.717, 1.165) is 6.42 Å². The number of phenols is 1. The summed E-state index contributed by atoms with van der Waals surface area (Å²) in [6, 6.07) is 4.55. The van der Waals surface area contributed by atoms with Gasteiger partial charge in [-0.1, -0.05) is 20.8 Å². The SMILES string of the molecule is Cc1cc(O)ccc1NC(=O)C(=O)NC(C)(C)CC(C)(C)C. The van der Waals surface area contributed by atoms with E-state index in [4.69, 9.17) is 0 Å².